The first-order valence-corrected chi connectivity index (χ1v) is 10.5. The van der Waals surface area contributed by atoms with Crippen molar-refractivity contribution < 1.29 is 9.53 Å². The molecule has 1 atom stereocenters. The van der Waals surface area contributed by atoms with Crippen LogP contribution in [0.5, 0.6) is 0 Å². The van der Waals surface area contributed by atoms with Crippen LogP contribution in [0.4, 0.5) is 5.69 Å². The van der Waals surface area contributed by atoms with Crippen LogP contribution in [-0.2, 0) is 4.74 Å². The van der Waals surface area contributed by atoms with Gasteiger partial charge in [0, 0.05) is 50.5 Å². The largest absolute Gasteiger partial charge is 0.375 e. The number of morpholine rings is 1. The summed E-state index contributed by atoms with van der Waals surface area (Å²) in [4.78, 5) is 19.6. The third-order valence-corrected chi connectivity index (χ3v) is 5.72. The maximum atomic E-state index is 12.9. The molecule has 1 aromatic carbocycles. The second-order valence-electron chi connectivity index (χ2n) is 8.41. The molecule has 1 aromatic rings. The average Bonchev–Trinajstić information content (AvgIpc) is 2.68. The molecule has 5 nitrogen and oxygen atoms in total. The zero-order chi connectivity index (χ0) is 19.2. The van der Waals surface area contributed by atoms with Crippen molar-refractivity contribution in [1.82, 2.24) is 9.80 Å². The van der Waals surface area contributed by atoms with Crippen LogP contribution in [0, 0.1) is 5.92 Å². The molecule has 3 rings (SSSR count). The predicted molar refractivity (Wildman–Crippen MR) is 110 cm³/mol. The number of hydrogen-bond acceptors (Lipinski definition) is 4. The Labute approximate surface area is 164 Å². The molecule has 2 fully saturated rings. The zero-order valence-electron chi connectivity index (χ0n) is 17.2. The Kier molecular flexibility index (Phi) is 7.13. The molecule has 5 heteroatoms. The van der Waals surface area contributed by atoms with E-state index in [1.807, 2.05) is 17.0 Å². The predicted octanol–water partition coefficient (Wildman–Crippen LogP) is 3.11. The van der Waals surface area contributed by atoms with Crippen LogP contribution in [0.1, 0.15) is 43.5 Å². The molecule has 2 aliphatic rings. The van der Waals surface area contributed by atoms with Gasteiger partial charge in [0.1, 0.15) is 0 Å². The Balaban J connectivity index is 1.53. The van der Waals surface area contributed by atoms with Crippen molar-refractivity contribution in [3.8, 4) is 0 Å². The molecule has 0 aliphatic carbocycles. The van der Waals surface area contributed by atoms with E-state index in [1.165, 1.54) is 18.5 Å². The fraction of sp³-hybridized carbons (Fsp3) is 0.682. The number of hydrogen-bond donors (Lipinski definition) is 0. The smallest absolute Gasteiger partial charge is 0.254 e. The molecule has 1 amide bonds. The number of carbonyl (C=O) groups is 1. The minimum atomic E-state index is 0.136. The SMILES string of the molecule is CC(C)CCC[C@@H]1CN(C(=O)c2ccc(N3CCN(C)CC3)cc2)CCO1. The number of amides is 1. The van der Waals surface area contributed by atoms with E-state index in [0.29, 0.717) is 13.2 Å². The molecule has 0 bridgehead atoms. The number of piperazine rings is 1. The monoisotopic (exact) mass is 373 g/mol. The molecule has 2 saturated heterocycles. The average molecular weight is 374 g/mol. The fourth-order valence-corrected chi connectivity index (χ4v) is 3.89. The summed E-state index contributed by atoms with van der Waals surface area (Å²) in [5.74, 6) is 0.863. The summed E-state index contributed by atoms with van der Waals surface area (Å²) in [6, 6.07) is 8.16. The number of rotatable bonds is 6. The Morgan fingerprint density at radius 3 is 2.48 bits per heavy atom. The summed E-state index contributed by atoms with van der Waals surface area (Å²) in [5, 5.41) is 0. The number of likely N-dealkylation sites (N-methyl/N-ethyl adjacent to an activating group) is 1. The molecular weight excluding hydrogens is 338 g/mol. The highest BCUT2D eigenvalue weighted by atomic mass is 16.5. The molecule has 27 heavy (non-hydrogen) atoms. The van der Waals surface area contributed by atoms with Crippen molar-refractivity contribution in [1.29, 1.82) is 0 Å². The van der Waals surface area contributed by atoms with Gasteiger partial charge in [0.05, 0.1) is 12.7 Å². The normalized spacial score (nSPS) is 21.7. The third kappa shape index (κ3) is 5.69. The second-order valence-corrected chi connectivity index (χ2v) is 8.41. The maximum Gasteiger partial charge on any atom is 0.254 e. The molecule has 0 unspecified atom stereocenters. The fourth-order valence-electron chi connectivity index (χ4n) is 3.89. The lowest BCUT2D eigenvalue weighted by Crippen LogP contribution is -2.45. The molecule has 0 radical (unpaired) electrons. The van der Waals surface area contributed by atoms with Crippen LogP contribution < -0.4 is 4.90 Å². The van der Waals surface area contributed by atoms with Gasteiger partial charge in [-0.2, -0.15) is 0 Å². The number of anilines is 1. The summed E-state index contributed by atoms with van der Waals surface area (Å²) in [6.45, 7) is 10.8. The van der Waals surface area contributed by atoms with Crippen LogP contribution in [0.3, 0.4) is 0 Å². The van der Waals surface area contributed by atoms with Gasteiger partial charge in [-0.05, 0) is 43.7 Å². The highest BCUT2D eigenvalue weighted by Crippen LogP contribution is 2.20. The number of benzene rings is 1. The van der Waals surface area contributed by atoms with E-state index in [9.17, 15) is 4.79 Å². The summed E-state index contributed by atoms with van der Waals surface area (Å²) >= 11 is 0. The lowest BCUT2D eigenvalue weighted by Gasteiger charge is -2.34. The molecule has 0 N–H and O–H groups in total. The van der Waals surface area contributed by atoms with Gasteiger partial charge in [0.2, 0.25) is 0 Å². The Bertz CT molecular complexity index is 594. The van der Waals surface area contributed by atoms with Crippen LogP contribution in [0.15, 0.2) is 24.3 Å². The minimum absolute atomic E-state index is 0.136. The molecular formula is C22H35N3O2. The highest BCUT2D eigenvalue weighted by Gasteiger charge is 2.25. The second kappa shape index (κ2) is 9.56. The van der Waals surface area contributed by atoms with E-state index in [0.717, 1.165) is 50.6 Å². The summed E-state index contributed by atoms with van der Waals surface area (Å²) in [6.07, 6.45) is 3.63. The van der Waals surface area contributed by atoms with E-state index >= 15 is 0 Å². The molecule has 0 aromatic heterocycles. The first kappa shape index (κ1) is 20.2. The third-order valence-electron chi connectivity index (χ3n) is 5.72. The first-order chi connectivity index (χ1) is 13.0. The Hall–Kier alpha value is -1.59. The van der Waals surface area contributed by atoms with Crippen molar-refractivity contribution in [3.05, 3.63) is 29.8 Å². The van der Waals surface area contributed by atoms with Gasteiger partial charge in [0.25, 0.3) is 5.91 Å². The molecule has 0 saturated carbocycles. The number of nitrogens with zero attached hydrogens (tertiary/aromatic N) is 3. The van der Waals surface area contributed by atoms with E-state index in [1.54, 1.807) is 0 Å². The van der Waals surface area contributed by atoms with Crippen LogP contribution in [-0.4, -0.2) is 74.7 Å². The van der Waals surface area contributed by atoms with Crippen molar-refractivity contribution in [2.45, 2.75) is 39.2 Å². The van der Waals surface area contributed by atoms with Crippen molar-refractivity contribution in [2.75, 3.05) is 57.8 Å². The topological polar surface area (TPSA) is 36.0 Å². The lowest BCUT2D eigenvalue weighted by atomic mass is 10.0. The summed E-state index contributed by atoms with van der Waals surface area (Å²) < 4.78 is 5.88. The van der Waals surface area contributed by atoms with Crippen molar-refractivity contribution in [2.24, 2.45) is 5.92 Å². The zero-order valence-corrected chi connectivity index (χ0v) is 17.2. The molecule has 150 valence electrons. The van der Waals surface area contributed by atoms with Gasteiger partial charge >= 0.3 is 0 Å². The van der Waals surface area contributed by atoms with Gasteiger partial charge in [-0.1, -0.05) is 26.7 Å². The molecule has 2 aliphatic heterocycles. The van der Waals surface area contributed by atoms with Crippen LogP contribution in [0.2, 0.25) is 0 Å². The minimum Gasteiger partial charge on any atom is -0.375 e. The lowest BCUT2D eigenvalue weighted by molar-refractivity contribution is -0.0260. The van der Waals surface area contributed by atoms with E-state index in [2.05, 4.69) is 42.8 Å². The van der Waals surface area contributed by atoms with Gasteiger partial charge in [-0.3, -0.25) is 4.79 Å². The summed E-state index contributed by atoms with van der Waals surface area (Å²) in [5.41, 5.74) is 2.00. The number of carbonyl (C=O) groups excluding carboxylic acids is 1. The van der Waals surface area contributed by atoms with Crippen LogP contribution >= 0.6 is 0 Å². The van der Waals surface area contributed by atoms with Crippen LogP contribution in [0.25, 0.3) is 0 Å². The van der Waals surface area contributed by atoms with Gasteiger partial charge in [-0.25, -0.2) is 0 Å². The highest BCUT2D eigenvalue weighted by molar-refractivity contribution is 5.94. The number of ether oxygens (including phenoxy) is 1. The van der Waals surface area contributed by atoms with Gasteiger partial charge in [-0.15, -0.1) is 0 Å². The summed E-state index contributed by atoms with van der Waals surface area (Å²) in [7, 11) is 2.16. The first-order valence-electron chi connectivity index (χ1n) is 10.5. The standard InChI is InChI=1S/C22H35N3O2/c1-18(2)5-4-6-21-17-25(15-16-27-21)22(26)19-7-9-20(10-8-19)24-13-11-23(3)12-14-24/h7-10,18,21H,4-6,11-17H2,1-3H3/t21-/m1/s1. The Morgan fingerprint density at radius 1 is 1.11 bits per heavy atom. The van der Waals surface area contributed by atoms with Crippen molar-refractivity contribution >= 4 is 11.6 Å². The maximum absolute atomic E-state index is 12.9. The van der Waals surface area contributed by atoms with E-state index in [-0.39, 0.29) is 12.0 Å². The van der Waals surface area contributed by atoms with E-state index < -0.39 is 0 Å². The molecule has 0 spiro atoms. The van der Waals surface area contributed by atoms with Crippen molar-refractivity contribution in [3.63, 3.8) is 0 Å². The quantitative estimate of drug-likeness (QED) is 0.768. The van der Waals surface area contributed by atoms with Gasteiger partial charge in [0.15, 0.2) is 0 Å². The van der Waals surface area contributed by atoms with Gasteiger partial charge < -0.3 is 19.4 Å². The Morgan fingerprint density at radius 2 is 1.81 bits per heavy atom. The van der Waals surface area contributed by atoms with E-state index in [4.69, 9.17) is 4.74 Å². The molecule has 2 heterocycles.